The first kappa shape index (κ1) is 12.5. The summed E-state index contributed by atoms with van der Waals surface area (Å²) in [6.07, 6.45) is 25.9. The highest BCUT2D eigenvalue weighted by atomic mass is 14.0. The van der Waals surface area contributed by atoms with Crippen LogP contribution in [0.15, 0.2) is 84.0 Å². The molecule has 0 amide bonds. The zero-order valence-corrected chi connectivity index (χ0v) is 11.3. The maximum absolute atomic E-state index is 3.42. The van der Waals surface area contributed by atoms with E-state index in [1.807, 2.05) is 0 Å². The van der Waals surface area contributed by atoms with Gasteiger partial charge in [0.25, 0.3) is 0 Å². The van der Waals surface area contributed by atoms with E-state index < -0.39 is 0 Å². The summed E-state index contributed by atoms with van der Waals surface area (Å²) in [6.45, 7) is 0. The molecule has 0 N–H and O–H groups in total. The molecule has 0 unspecified atom stereocenters. The van der Waals surface area contributed by atoms with Crippen molar-refractivity contribution in [3.05, 3.63) is 107 Å². The molecular weight excluding hydrogens is 240 g/mol. The first-order valence-corrected chi connectivity index (χ1v) is 6.94. The number of allylic oxidation sites excluding steroid dienone is 10. The van der Waals surface area contributed by atoms with Crippen molar-refractivity contribution in [1.29, 1.82) is 0 Å². The van der Waals surface area contributed by atoms with Crippen molar-refractivity contribution in [3.8, 4) is 0 Å². The molecule has 0 nitrogen and oxygen atoms in total. The number of rotatable bonds is 2. The number of benzene rings is 1. The molecule has 0 spiro atoms. The average Bonchev–Trinajstić information content (AvgIpc) is 2.50. The first-order valence-electron chi connectivity index (χ1n) is 6.94. The Morgan fingerprint density at radius 2 is 1.10 bits per heavy atom. The zero-order valence-electron chi connectivity index (χ0n) is 11.3. The largest absolute Gasteiger partial charge is 0.125 e. The minimum Gasteiger partial charge on any atom is -0.0449 e. The fourth-order valence-corrected chi connectivity index (χ4v) is 2.22. The molecule has 0 heterocycles. The Kier molecular flexibility index (Phi) is 3.80. The molecule has 0 heteroatoms. The van der Waals surface area contributed by atoms with Crippen molar-refractivity contribution in [1.82, 2.24) is 0 Å². The number of hydrogen-bond donors (Lipinski definition) is 0. The second-order valence-electron chi connectivity index (χ2n) is 4.82. The second kappa shape index (κ2) is 6.08. The Labute approximate surface area is 120 Å². The molecule has 2 aliphatic carbocycles. The van der Waals surface area contributed by atoms with E-state index in [2.05, 4.69) is 85.0 Å². The van der Waals surface area contributed by atoms with E-state index in [9.17, 15) is 0 Å². The molecule has 0 saturated heterocycles. The normalized spacial score (nSPS) is 16.2. The summed E-state index contributed by atoms with van der Waals surface area (Å²) in [5, 5.41) is 0. The molecule has 20 heavy (non-hydrogen) atoms. The summed E-state index contributed by atoms with van der Waals surface area (Å²) in [7, 11) is 0. The highest BCUT2D eigenvalue weighted by molar-refractivity contribution is 5.43. The maximum atomic E-state index is 3.42. The minimum atomic E-state index is 1.02. The quantitative estimate of drug-likeness (QED) is 0.662. The fourth-order valence-electron chi connectivity index (χ4n) is 2.22. The molecule has 0 aliphatic heterocycles. The summed E-state index contributed by atoms with van der Waals surface area (Å²) < 4.78 is 0. The van der Waals surface area contributed by atoms with Gasteiger partial charge in [-0.25, -0.2) is 0 Å². The van der Waals surface area contributed by atoms with Gasteiger partial charge in [-0.3, -0.25) is 0 Å². The molecule has 1 aromatic carbocycles. The van der Waals surface area contributed by atoms with E-state index in [4.69, 9.17) is 0 Å². The van der Waals surface area contributed by atoms with Crippen molar-refractivity contribution in [2.75, 3.05) is 0 Å². The molecule has 94 valence electrons. The summed E-state index contributed by atoms with van der Waals surface area (Å²) in [4.78, 5) is 0. The van der Waals surface area contributed by atoms with E-state index in [0.29, 0.717) is 0 Å². The molecule has 0 bridgehead atoms. The lowest BCUT2D eigenvalue weighted by Crippen LogP contribution is -1.85. The van der Waals surface area contributed by atoms with Crippen LogP contribution in [0, 0.1) is 12.2 Å². The Morgan fingerprint density at radius 3 is 1.55 bits per heavy atom. The van der Waals surface area contributed by atoms with Crippen molar-refractivity contribution >= 4 is 0 Å². The molecule has 0 radical (unpaired) electrons. The van der Waals surface area contributed by atoms with E-state index >= 15 is 0 Å². The summed E-state index contributed by atoms with van der Waals surface area (Å²) in [5.74, 6) is 0. The van der Waals surface area contributed by atoms with Gasteiger partial charge in [0.05, 0.1) is 0 Å². The second-order valence-corrected chi connectivity index (χ2v) is 4.82. The zero-order chi connectivity index (χ0) is 13.6. The van der Waals surface area contributed by atoms with Crippen LogP contribution in [0.3, 0.4) is 0 Å². The Hall–Kier alpha value is -2.52. The highest BCUT2D eigenvalue weighted by Gasteiger charge is 2.06. The van der Waals surface area contributed by atoms with Gasteiger partial charge in [-0.15, -0.1) is 0 Å². The van der Waals surface area contributed by atoms with E-state index in [1.54, 1.807) is 0 Å². The Morgan fingerprint density at radius 1 is 0.650 bits per heavy atom. The maximum Gasteiger partial charge on any atom is 0.125 e. The van der Waals surface area contributed by atoms with Crippen LogP contribution in [0.1, 0.15) is 24.0 Å². The van der Waals surface area contributed by atoms with Gasteiger partial charge < -0.3 is 0 Å². The molecule has 0 atom stereocenters. The first-order chi connectivity index (χ1) is 9.90. The minimum absolute atomic E-state index is 1.02. The standard InChI is InChI=1S/C20H16/c1-3-8-17(9-4-1)14-19-12-7-13-20(16-19)15-18-10-5-2-6-11-18/h3-13,16H,1-2H2/q+2. The van der Waals surface area contributed by atoms with Gasteiger partial charge in [0, 0.05) is 60.7 Å². The van der Waals surface area contributed by atoms with Gasteiger partial charge in [0.1, 0.15) is 22.3 Å². The predicted molar refractivity (Wildman–Crippen MR) is 84.0 cm³/mol. The van der Waals surface area contributed by atoms with E-state index in [0.717, 1.165) is 35.1 Å². The summed E-state index contributed by atoms with van der Waals surface area (Å²) in [5.41, 5.74) is 4.42. The van der Waals surface area contributed by atoms with Crippen LogP contribution in [0.25, 0.3) is 0 Å². The Balaban J connectivity index is 1.86. The van der Waals surface area contributed by atoms with Crippen molar-refractivity contribution in [2.45, 2.75) is 12.8 Å². The topological polar surface area (TPSA) is 0 Å². The van der Waals surface area contributed by atoms with Crippen LogP contribution in [-0.4, -0.2) is 0 Å². The van der Waals surface area contributed by atoms with Gasteiger partial charge in [-0.2, -0.15) is 0 Å². The van der Waals surface area contributed by atoms with Crippen LogP contribution < -0.4 is 0 Å². The fraction of sp³-hybridized carbons (Fsp3) is 0.100. The smallest absolute Gasteiger partial charge is 0.0449 e. The van der Waals surface area contributed by atoms with Crippen LogP contribution >= 0.6 is 0 Å². The molecular formula is C20H16+2. The van der Waals surface area contributed by atoms with Crippen molar-refractivity contribution in [3.63, 3.8) is 0 Å². The van der Waals surface area contributed by atoms with Crippen LogP contribution in [0.2, 0.25) is 0 Å². The predicted octanol–water partition coefficient (Wildman–Crippen LogP) is 4.87. The molecule has 0 fully saturated rings. The number of hydrogen-bond acceptors (Lipinski definition) is 0. The molecule has 2 aliphatic rings. The summed E-state index contributed by atoms with van der Waals surface area (Å²) in [6, 6.07) is 8.32. The lowest BCUT2D eigenvalue weighted by Gasteiger charge is -1.94. The SMILES string of the molecule is [C+](=C1C=CCC=C1)c1cccc([C+]=C2C=CCC=C2)c1. The van der Waals surface area contributed by atoms with Crippen molar-refractivity contribution < 1.29 is 0 Å². The van der Waals surface area contributed by atoms with Gasteiger partial charge in [-0.1, -0.05) is 0 Å². The highest BCUT2D eigenvalue weighted by Crippen LogP contribution is 2.15. The summed E-state index contributed by atoms with van der Waals surface area (Å²) >= 11 is 0. The Bertz CT molecular complexity index is 578. The van der Waals surface area contributed by atoms with E-state index in [-0.39, 0.29) is 0 Å². The lowest BCUT2D eigenvalue weighted by atomic mass is 10.0. The third-order valence-corrected chi connectivity index (χ3v) is 3.17. The van der Waals surface area contributed by atoms with Crippen LogP contribution in [0.5, 0.6) is 0 Å². The van der Waals surface area contributed by atoms with Gasteiger partial charge >= 0.3 is 0 Å². The molecule has 0 aromatic heterocycles. The monoisotopic (exact) mass is 256 g/mol. The van der Waals surface area contributed by atoms with Gasteiger partial charge in [-0.05, 0) is 37.1 Å². The third-order valence-electron chi connectivity index (χ3n) is 3.17. The van der Waals surface area contributed by atoms with E-state index in [1.165, 1.54) is 0 Å². The third kappa shape index (κ3) is 3.28. The van der Waals surface area contributed by atoms with Crippen LogP contribution in [-0.2, 0) is 0 Å². The molecule has 1 aromatic rings. The van der Waals surface area contributed by atoms with Gasteiger partial charge in [0.15, 0.2) is 0 Å². The van der Waals surface area contributed by atoms with Gasteiger partial charge in [0.2, 0.25) is 0 Å². The molecule has 3 rings (SSSR count). The van der Waals surface area contributed by atoms with Crippen molar-refractivity contribution in [2.24, 2.45) is 0 Å². The lowest BCUT2D eigenvalue weighted by molar-refractivity contribution is 1.32. The van der Waals surface area contributed by atoms with Crippen LogP contribution in [0.4, 0.5) is 0 Å². The average molecular weight is 256 g/mol. The molecule has 0 saturated carbocycles.